The Morgan fingerprint density at radius 1 is 0.757 bits per heavy atom. The zero-order chi connectivity index (χ0) is 26.0. The van der Waals surface area contributed by atoms with E-state index in [9.17, 15) is 9.59 Å². The molecule has 2 amide bonds. The Bertz CT molecular complexity index is 1280. The molecule has 188 valence electrons. The first-order valence-corrected chi connectivity index (χ1v) is 12.1. The van der Waals surface area contributed by atoms with E-state index >= 15 is 0 Å². The molecule has 0 aliphatic carbocycles. The van der Waals surface area contributed by atoms with Gasteiger partial charge in [-0.2, -0.15) is 0 Å². The van der Waals surface area contributed by atoms with Gasteiger partial charge in [0.1, 0.15) is 11.5 Å². The number of pyridine rings is 1. The quantitative estimate of drug-likeness (QED) is 0.315. The number of carbonyl (C=O) groups is 2. The second kappa shape index (κ2) is 12.4. The van der Waals surface area contributed by atoms with Gasteiger partial charge in [0.05, 0.1) is 12.2 Å². The summed E-state index contributed by atoms with van der Waals surface area (Å²) in [4.78, 5) is 32.1. The zero-order valence-corrected chi connectivity index (χ0v) is 20.8. The van der Waals surface area contributed by atoms with Crippen molar-refractivity contribution in [2.24, 2.45) is 0 Å². The van der Waals surface area contributed by atoms with E-state index in [1.807, 2.05) is 66.7 Å². The van der Waals surface area contributed by atoms with Crippen LogP contribution in [0.25, 0.3) is 0 Å². The molecule has 0 bridgehead atoms. The molecule has 7 nitrogen and oxygen atoms in total. The van der Waals surface area contributed by atoms with Crippen LogP contribution >= 0.6 is 0 Å². The minimum Gasteiger partial charge on any atom is -0.481 e. The first-order chi connectivity index (χ1) is 18.0. The number of amides is 2. The summed E-state index contributed by atoms with van der Waals surface area (Å²) in [6, 6.07) is 31.1. The number of rotatable bonds is 10. The van der Waals surface area contributed by atoms with Crippen molar-refractivity contribution in [1.82, 2.24) is 4.98 Å². The monoisotopic (exact) mass is 495 g/mol. The molecule has 0 fully saturated rings. The maximum Gasteiger partial charge on any atom is 0.268 e. The summed E-state index contributed by atoms with van der Waals surface area (Å²) in [6.07, 6.45) is 0.293. The second-order valence-corrected chi connectivity index (χ2v) is 8.43. The lowest BCUT2D eigenvalue weighted by Gasteiger charge is -2.26. The standard InChI is InChI=1S/C30H29N3O4/c1-22(36-27-12-5-3-6-13-27)29(34)32-24-16-18-26(19-17-24)33(21-25-11-9-10-20-31-25)30(35)23(2)37-28-14-7-4-8-15-28/h3-20,22-23H,21H2,1-2H3,(H,32,34). The van der Waals surface area contributed by atoms with Gasteiger partial charge in [-0.25, -0.2) is 0 Å². The highest BCUT2D eigenvalue weighted by Gasteiger charge is 2.24. The molecule has 3 aromatic carbocycles. The largest absolute Gasteiger partial charge is 0.481 e. The van der Waals surface area contributed by atoms with Crippen molar-refractivity contribution in [3.05, 3.63) is 115 Å². The summed E-state index contributed by atoms with van der Waals surface area (Å²) in [5.74, 6) is 0.751. The van der Waals surface area contributed by atoms with Gasteiger partial charge in [0.2, 0.25) is 0 Å². The van der Waals surface area contributed by atoms with Gasteiger partial charge >= 0.3 is 0 Å². The molecule has 0 radical (unpaired) electrons. The highest BCUT2D eigenvalue weighted by Crippen LogP contribution is 2.23. The Morgan fingerprint density at radius 3 is 1.89 bits per heavy atom. The Balaban J connectivity index is 1.47. The average molecular weight is 496 g/mol. The molecule has 0 aliphatic heterocycles. The van der Waals surface area contributed by atoms with Gasteiger partial charge in [-0.15, -0.1) is 0 Å². The summed E-state index contributed by atoms with van der Waals surface area (Å²) < 4.78 is 11.6. The van der Waals surface area contributed by atoms with Gasteiger partial charge in [0, 0.05) is 17.6 Å². The van der Waals surface area contributed by atoms with Crippen molar-refractivity contribution in [1.29, 1.82) is 0 Å². The van der Waals surface area contributed by atoms with Crippen LogP contribution in [0, 0.1) is 0 Å². The van der Waals surface area contributed by atoms with Crippen LogP contribution in [0.3, 0.4) is 0 Å². The average Bonchev–Trinajstić information content (AvgIpc) is 2.93. The number of anilines is 2. The number of hydrogen-bond acceptors (Lipinski definition) is 5. The second-order valence-electron chi connectivity index (χ2n) is 8.43. The van der Waals surface area contributed by atoms with E-state index in [0.717, 1.165) is 5.69 Å². The van der Waals surface area contributed by atoms with Crippen LogP contribution in [0.1, 0.15) is 19.5 Å². The van der Waals surface area contributed by atoms with Crippen molar-refractivity contribution in [2.75, 3.05) is 10.2 Å². The van der Waals surface area contributed by atoms with Crippen LogP contribution in [0.2, 0.25) is 0 Å². The van der Waals surface area contributed by atoms with Crippen LogP contribution in [0.15, 0.2) is 109 Å². The molecule has 0 aliphatic rings. The number of aromatic nitrogens is 1. The zero-order valence-electron chi connectivity index (χ0n) is 20.8. The highest BCUT2D eigenvalue weighted by molar-refractivity contribution is 5.97. The summed E-state index contributed by atoms with van der Waals surface area (Å²) >= 11 is 0. The number of nitrogens with one attached hydrogen (secondary N) is 1. The van der Waals surface area contributed by atoms with Crippen molar-refractivity contribution >= 4 is 23.2 Å². The lowest BCUT2D eigenvalue weighted by atomic mass is 10.2. The third-order valence-electron chi connectivity index (χ3n) is 5.59. The van der Waals surface area contributed by atoms with Crippen LogP contribution in [0.5, 0.6) is 11.5 Å². The Kier molecular flexibility index (Phi) is 8.49. The SMILES string of the molecule is CC(Oc1ccccc1)C(=O)Nc1ccc(N(Cc2ccccn2)C(=O)C(C)Oc2ccccc2)cc1. The maximum atomic E-state index is 13.5. The van der Waals surface area contributed by atoms with E-state index in [4.69, 9.17) is 9.47 Å². The van der Waals surface area contributed by atoms with Gasteiger partial charge in [-0.1, -0.05) is 42.5 Å². The van der Waals surface area contributed by atoms with Crippen LogP contribution in [-0.2, 0) is 16.1 Å². The van der Waals surface area contributed by atoms with E-state index in [1.165, 1.54) is 0 Å². The molecule has 0 saturated heterocycles. The molecule has 2 atom stereocenters. The van der Waals surface area contributed by atoms with E-state index in [2.05, 4.69) is 10.3 Å². The van der Waals surface area contributed by atoms with E-state index < -0.39 is 12.2 Å². The summed E-state index contributed by atoms with van der Waals surface area (Å²) in [7, 11) is 0. The Labute approximate surface area is 216 Å². The lowest BCUT2D eigenvalue weighted by molar-refractivity contribution is -0.124. The molecular formula is C30H29N3O4. The molecule has 4 aromatic rings. The lowest BCUT2D eigenvalue weighted by Crippen LogP contribution is -2.40. The van der Waals surface area contributed by atoms with E-state index in [1.54, 1.807) is 61.3 Å². The van der Waals surface area contributed by atoms with Crippen LogP contribution in [-0.4, -0.2) is 29.0 Å². The van der Waals surface area contributed by atoms with Gasteiger partial charge in [0.25, 0.3) is 11.8 Å². The molecule has 7 heteroatoms. The fraction of sp³-hybridized carbons (Fsp3) is 0.167. The van der Waals surface area contributed by atoms with Crippen molar-refractivity contribution in [2.45, 2.75) is 32.6 Å². The molecule has 2 unspecified atom stereocenters. The van der Waals surface area contributed by atoms with Crippen LogP contribution < -0.4 is 19.7 Å². The van der Waals surface area contributed by atoms with E-state index in [-0.39, 0.29) is 18.4 Å². The molecule has 1 heterocycles. The predicted molar refractivity (Wildman–Crippen MR) is 144 cm³/mol. The third-order valence-corrected chi connectivity index (χ3v) is 5.59. The van der Waals surface area contributed by atoms with Gasteiger partial charge in [-0.05, 0) is 74.5 Å². The number of nitrogens with zero attached hydrogens (tertiary/aromatic N) is 2. The Hall–Kier alpha value is -4.65. The van der Waals surface area contributed by atoms with Crippen molar-refractivity contribution in [3.8, 4) is 11.5 Å². The smallest absolute Gasteiger partial charge is 0.268 e. The topological polar surface area (TPSA) is 80.8 Å². The number of para-hydroxylation sites is 2. The summed E-state index contributed by atoms with van der Waals surface area (Å²) in [5, 5.41) is 2.86. The van der Waals surface area contributed by atoms with Crippen LogP contribution in [0.4, 0.5) is 11.4 Å². The fourth-order valence-corrected chi connectivity index (χ4v) is 3.65. The summed E-state index contributed by atoms with van der Waals surface area (Å²) in [5.41, 5.74) is 1.99. The maximum absolute atomic E-state index is 13.5. The number of hydrogen-bond donors (Lipinski definition) is 1. The molecular weight excluding hydrogens is 466 g/mol. The minimum atomic E-state index is -0.721. The number of benzene rings is 3. The molecule has 37 heavy (non-hydrogen) atoms. The molecule has 0 spiro atoms. The van der Waals surface area contributed by atoms with Crippen molar-refractivity contribution < 1.29 is 19.1 Å². The van der Waals surface area contributed by atoms with Gasteiger partial charge in [0.15, 0.2) is 12.2 Å². The van der Waals surface area contributed by atoms with Gasteiger partial charge < -0.3 is 19.7 Å². The third kappa shape index (κ3) is 7.18. The number of carbonyl (C=O) groups excluding carboxylic acids is 2. The first-order valence-electron chi connectivity index (χ1n) is 12.1. The highest BCUT2D eigenvalue weighted by atomic mass is 16.5. The molecule has 1 aromatic heterocycles. The summed E-state index contributed by atoms with van der Waals surface area (Å²) in [6.45, 7) is 3.69. The number of ether oxygens (including phenoxy) is 2. The normalized spacial score (nSPS) is 12.2. The molecule has 1 N–H and O–H groups in total. The Morgan fingerprint density at radius 2 is 1.32 bits per heavy atom. The van der Waals surface area contributed by atoms with Gasteiger partial charge in [-0.3, -0.25) is 14.6 Å². The molecule has 4 rings (SSSR count). The van der Waals surface area contributed by atoms with E-state index in [0.29, 0.717) is 22.9 Å². The predicted octanol–water partition coefficient (Wildman–Crippen LogP) is 5.49. The fourth-order valence-electron chi connectivity index (χ4n) is 3.65. The first kappa shape index (κ1) is 25.4. The minimum absolute atomic E-state index is 0.212. The molecule has 0 saturated carbocycles. The van der Waals surface area contributed by atoms with Crippen molar-refractivity contribution in [3.63, 3.8) is 0 Å².